The Morgan fingerprint density at radius 3 is 2.39 bits per heavy atom. The van der Waals surface area contributed by atoms with Gasteiger partial charge in [0.25, 0.3) is 0 Å². The molecule has 0 radical (unpaired) electrons. The van der Waals surface area contributed by atoms with Crippen molar-refractivity contribution in [2.75, 3.05) is 20.2 Å². The van der Waals surface area contributed by atoms with Gasteiger partial charge < -0.3 is 15.4 Å². The first-order valence-corrected chi connectivity index (χ1v) is 6.99. The molecule has 1 aliphatic rings. The van der Waals surface area contributed by atoms with Crippen molar-refractivity contribution in [1.82, 2.24) is 10.6 Å². The van der Waals surface area contributed by atoms with Crippen LogP contribution in [0.4, 0.5) is 0 Å². The van der Waals surface area contributed by atoms with E-state index in [9.17, 15) is 4.79 Å². The highest BCUT2D eigenvalue weighted by molar-refractivity contribution is 5.82. The zero-order valence-corrected chi connectivity index (χ0v) is 12.3. The number of rotatable bonds is 6. The van der Waals surface area contributed by atoms with Gasteiger partial charge in [-0.3, -0.25) is 4.79 Å². The number of ether oxygens (including phenoxy) is 1. The van der Waals surface area contributed by atoms with E-state index in [1.54, 1.807) is 7.11 Å². The van der Waals surface area contributed by atoms with E-state index < -0.39 is 0 Å². The van der Waals surface area contributed by atoms with Crippen LogP contribution < -0.4 is 10.6 Å². The first-order chi connectivity index (χ1) is 8.45. The summed E-state index contributed by atoms with van der Waals surface area (Å²) < 4.78 is 5.25. The number of amides is 1. The van der Waals surface area contributed by atoms with Crippen LogP contribution in [0.25, 0.3) is 0 Å². The van der Waals surface area contributed by atoms with Gasteiger partial charge in [0.2, 0.25) is 5.91 Å². The molecule has 4 heteroatoms. The van der Waals surface area contributed by atoms with E-state index >= 15 is 0 Å². The predicted molar refractivity (Wildman–Crippen MR) is 73.4 cm³/mol. The van der Waals surface area contributed by atoms with Crippen molar-refractivity contribution in [2.45, 2.75) is 46.3 Å². The third-order valence-corrected chi connectivity index (χ3v) is 3.96. The molecule has 0 bridgehead atoms. The number of hydrogen-bond donors (Lipinski definition) is 2. The third-order valence-electron chi connectivity index (χ3n) is 3.96. The maximum atomic E-state index is 12.0. The van der Waals surface area contributed by atoms with Crippen molar-refractivity contribution in [3.63, 3.8) is 0 Å². The maximum Gasteiger partial charge on any atom is 0.237 e. The van der Waals surface area contributed by atoms with Gasteiger partial charge >= 0.3 is 0 Å². The summed E-state index contributed by atoms with van der Waals surface area (Å²) in [6, 6.07) is -0.0880. The van der Waals surface area contributed by atoms with Gasteiger partial charge in [-0.05, 0) is 24.2 Å². The number of nitrogens with one attached hydrogen (secondary N) is 2. The number of carbonyl (C=O) groups is 1. The first-order valence-electron chi connectivity index (χ1n) is 6.99. The van der Waals surface area contributed by atoms with E-state index in [-0.39, 0.29) is 18.1 Å². The number of hydrogen-bond acceptors (Lipinski definition) is 3. The molecule has 0 aromatic heterocycles. The fourth-order valence-electron chi connectivity index (χ4n) is 2.67. The molecule has 0 aromatic rings. The molecule has 1 heterocycles. The topological polar surface area (TPSA) is 50.4 Å². The summed E-state index contributed by atoms with van der Waals surface area (Å²) in [5.74, 6) is 1.83. The van der Waals surface area contributed by atoms with Crippen molar-refractivity contribution in [1.29, 1.82) is 0 Å². The van der Waals surface area contributed by atoms with Gasteiger partial charge in [-0.15, -0.1) is 0 Å². The molecule has 0 aromatic carbocycles. The molecule has 2 unspecified atom stereocenters. The molecule has 1 rings (SSSR count). The Balaban J connectivity index is 2.36. The van der Waals surface area contributed by atoms with Gasteiger partial charge in [0.1, 0.15) is 0 Å². The first kappa shape index (κ1) is 15.4. The molecular formula is C14H28N2O2. The summed E-state index contributed by atoms with van der Waals surface area (Å²) >= 11 is 0. The Labute approximate surface area is 111 Å². The molecule has 2 N–H and O–H groups in total. The zero-order valence-electron chi connectivity index (χ0n) is 12.3. The Morgan fingerprint density at radius 1 is 1.33 bits per heavy atom. The molecule has 0 aliphatic carbocycles. The van der Waals surface area contributed by atoms with Crippen LogP contribution in [-0.4, -0.2) is 38.3 Å². The molecule has 2 atom stereocenters. The molecule has 106 valence electrons. The minimum Gasteiger partial charge on any atom is -0.380 e. The van der Waals surface area contributed by atoms with Crippen molar-refractivity contribution < 1.29 is 9.53 Å². The second kappa shape index (κ2) is 7.10. The Morgan fingerprint density at radius 2 is 1.94 bits per heavy atom. The van der Waals surface area contributed by atoms with Gasteiger partial charge in [0, 0.05) is 20.2 Å². The van der Waals surface area contributed by atoms with E-state index in [0.29, 0.717) is 17.8 Å². The number of carbonyl (C=O) groups excluding carboxylic acids is 1. The normalized spacial score (nSPS) is 24.2. The summed E-state index contributed by atoms with van der Waals surface area (Å²) in [6.45, 7) is 10.4. The zero-order chi connectivity index (χ0) is 13.7. The highest BCUT2D eigenvalue weighted by Gasteiger charge is 2.29. The average Bonchev–Trinajstić information content (AvgIpc) is 2.76. The molecule has 1 amide bonds. The van der Waals surface area contributed by atoms with Gasteiger partial charge in [-0.2, -0.15) is 0 Å². The molecule has 1 fully saturated rings. The summed E-state index contributed by atoms with van der Waals surface area (Å²) in [4.78, 5) is 12.0. The molecule has 0 saturated carbocycles. The lowest BCUT2D eigenvalue weighted by molar-refractivity contribution is -0.123. The van der Waals surface area contributed by atoms with Crippen LogP contribution in [0.3, 0.4) is 0 Å². The van der Waals surface area contributed by atoms with Crippen LogP contribution in [-0.2, 0) is 9.53 Å². The summed E-state index contributed by atoms with van der Waals surface area (Å²) in [6.07, 6.45) is 0.947. The lowest BCUT2D eigenvalue weighted by atomic mass is 9.85. The second-order valence-corrected chi connectivity index (χ2v) is 5.95. The van der Waals surface area contributed by atoms with E-state index in [1.807, 2.05) is 0 Å². The SMILES string of the molecule is COC1CNC(C(=O)NCC(C(C)C)C(C)C)C1. The maximum absolute atomic E-state index is 12.0. The highest BCUT2D eigenvalue weighted by Crippen LogP contribution is 2.19. The minimum absolute atomic E-state index is 0.0880. The minimum atomic E-state index is -0.0880. The van der Waals surface area contributed by atoms with Crippen molar-refractivity contribution in [2.24, 2.45) is 17.8 Å². The van der Waals surface area contributed by atoms with Crippen LogP contribution >= 0.6 is 0 Å². The lowest BCUT2D eigenvalue weighted by Gasteiger charge is -2.25. The monoisotopic (exact) mass is 256 g/mol. The Hall–Kier alpha value is -0.610. The van der Waals surface area contributed by atoms with Gasteiger partial charge in [0.15, 0.2) is 0 Å². The third kappa shape index (κ3) is 4.25. The van der Waals surface area contributed by atoms with Gasteiger partial charge in [-0.1, -0.05) is 27.7 Å². The van der Waals surface area contributed by atoms with E-state index in [4.69, 9.17) is 4.74 Å². The van der Waals surface area contributed by atoms with Gasteiger partial charge in [-0.25, -0.2) is 0 Å². The standard InChI is InChI=1S/C14H28N2O2/c1-9(2)12(10(3)4)8-16-14(17)13-6-11(18-5)7-15-13/h9-13,15H,6-8H2,1-5H3,(H,16,17). The van der Waals surface area contributed by atoms with Crippen LogP contribution in [0.2, 0.25) is 0 Å². The Kier molecular flexibility index (Phi) is 6.09. The molecule has 1 aliphatic heterocycles. The Bertz CT molecular complexity index is 259. The molecule has 4 nitrogen and oxygen atoms in total. The second-order valence-electron chi connectivity index (χ2n) is 5.95. The molecule has 18 heavy (non-hydrogen) atoms. The van der Waals surface area contributed by atoms with Gasteiger partial charge in [0.05, 0.1) is 12.1 Å². The van der Waals surface area contributed by atoms with Crippen molar-refractivity contribution in [3.8, 4) is 0 Å². The average molecular weight is 256 g/mol. The summed E-state index contributed by atoms with van der Waals surface area (Å²) in [5.41, 5.74) is 0. The fourth-order valence-corrected chi connectivity index (χ4v) is 2.67. The van der Waals surface area contributed by atoms with Crippen LogP contribution in [0.1, 0.15) is 34.1 Å². The van der Waals surface area contributed by atoms with Crippen molar-refractivity contribution >= 4 is 5.91 Å². The number of methoxy groups -OCH3 is 1. The highest BCUT2D eigenvalue weighted by atomic mass is 16.5. The molecule has 0 spiro atoms. The van der Waals surface area contributed by atoms with E-state index in [1.165, 1.54) is 0 Å². The predicted octanol–water partition coefficient (Wildman–Crippen LogP) is 1.41. The van der Waals surface area contributed by atoms with E-state index in [0.717, 1.165) is 19.5 Å². The molecule has 1 saturated heterocycles. The lowest BCUT2D eigenvalue weighted by Crippen LogP contribution is -2.43. The molecular weight excluding hydrogens is 228 g/mol. The summed E-state index contributed by atoms with van der Waals surface area (Å²) in [5, 5.41) is 6.28. The van der Waals surface area contributed by atoms with Crippen LogP contribution in [0.15, 0.2) is 0 Å². The quantitative estimate of drug-likeness (QED) is 0.755. The fraction of sp³-hybridized carbons (Fsp3) is 0.929. The van der Waals surface area contributed by atoms with E-state index in [2.05, 4.69) is 38.3 Å². The van der Waals surface area contributed by atoms with Crippen molar-refractivity contribution in [3.05, 3.63) is 0 Å². The van der Waals surface area contributed by atoms with Crippen LogP contribution in [0, 0.1) is 17.8 Å². The largest absolute Gasteiger partial charge is 0.380 e. The summed E-state index contributed by atoms with van der Waals surface area (Å²) in [7, 11) is 1.69. The smallest absolute Gasteiger partial charge is 0.237 e. The van der Waals surface area contributed by atoms with Crippen LogP contribution in [0.5, 0.6) is 0 Å².